The van der Waals surface area contributed by atoms with Gasteiger partial charge in [-0.15, -0.1) is 0 Å². The van der Waals surface area contributed by atoms with E-state index in [1.165, 1.54) is 30.5 Å². The highest BCUT2D eigenvalue weighted by atomic mass is 32.2. The van der Waals surface area contributed by atoms with E-state index in [1.54, 1.807) is 24.3 Å². The third kappa shape index (κ3) is 2.78. The fraction of sp³-hybridized carbons (Fsp3) is 0. The Kier molecular flexibility index (Phi) is 4.00. The summed E-state index contributed by atoms with van der Waals surface area (Å²) >= 11 is 0. The number of hydrogen-bond acceptors (Lipinski definition) is 4. The summed E-state index contributed by atoms with van der Waals surface area (Å²) in [5.74, 6) is 0.140. The molecule has 0 atom stereocenters. The van der Waals surface area contributed by atoms with Crippen LogP contribution in [0.1, 0.15) is 11.3 Å². The van der Waals surface area contributed by atoms with E-state index in [0.717, 1.165) is 0 Å². The fourth-order valence-corrected chi connectivity index (χ4v) is 2.82. The van der Waals surface area contributed by atoms with Crippen LogP contribution in [-0.4, -0.2) is 13.4 Å². The number of hydrogen-bond donors (Lipinski definition) is 0. The second-order valence-electron chi connectivity index (χ2n) is 3.87. The van der Waals surface area contributed by atoms with Gasteiger partial charge >= 0.3 is 10.1 Å². The molecule has 0 unspecified atom stereocenters. The number of pyridine rings is 1. The Morgan fingerprint density at radius 2 is 1.80 bits per heavy atom. The second kappa shape index (κ2) is 5.71. The molecule has 0 aliphatic heterocycles. The molecule has 102 valence electrons. The van der Waals surface area contributed by atoms with E-state index in [-0.39, 0.29) is 10.6 Å². The normalized spacial score (nSPS) is 10.8. The molecule has 2 rings (SSSR count). The Morgan fingerprint density at radius 1 is 1.05 bits per heavy atom. The number of aromatic nitrogens is 1. The predicted octanol–water partition coefficient (Wildman–Crippen LogP) is 3.14. The highest BCUT2D eigenvalue weighted by Crippen LogP contribution is 2.24. The van der Waals surface area contributed by atoms with Gasteiger partial charge in [-0.25, -0.2) is 0 Å². The van der Waals surface area contributed by atoms with Crippen molar-refractivity contribution in [3.05, 3.63) is 67.0 Å². The molecule has 0 spiro atoms. The summed E-state index contributed by atoms with van der Waals surface area (Å²) in [6.45, 7) is 7.17. The van der Waals surface area contributed by atoms with Crippen molar-refractivity contribution in [1.82, 2.24) is 4.98 Å². The summed E-state index contributed by atoms with van der Waals surface area (Å²) in [7, 11) is -3.95. The van der Waals surface area contributed by atoms with Crippen molar-refractivity contribution in [1.29, 1.82) is 0 Å². The molecule has 1 aromatic carbocycles. The molecular weight excluding hydrogens is 274 g/mol. The SMILES string of the molecule is C=Cc1ccccc1S(=O)(=O)Oc1cccnc1C=C. The average molecular weight is 287 g/mol. The Hall–Kier alpha value is -2.40. The predicted molar refractivity (Wildman–Crippen MR) is 78.7 cm³/mol. The molecule has 0 saturated heterocycles. The van der Waals surface area contributed by atoms with E-state index in [2.05, 4.69) is 18.1 Å². The fourth-order valence-electron chi connectivity index (χ4n) is 1.67. The first-order chi connectivity index (χ1) is 9.58. The average Bonchev–Trinajstić information content (AvgIpc) is 2.47. The molecule has 0 bridgehead atoms. The van der Waals surface area contributed by atoms with Gasteiger partial charge in [0, 0.05) is 6.20 Å². The van der Waals surface area contributed by atoms with Crippen molar-refractivity contribution in [2.45, 2.75) is 4.90 Å². The van der Waals surface area contributed by atoms with Crippen LogP contribution in [0, 0.1) is 0 Å². The van der Waals surface area contributed by atoms with Crippen molar-refractivity contribution < 1.29 is 12.6 Å². The number of nitrogens with zero attached hydrogens (tertiary/aromatic N) is 1. The maximum Gasteiger partial charge on any atom is 0.339 e. The van der Waals surface area contributed by atoms with Crippen molar-refractivity contribution in [3.63, 3.8) is 0 Å². The van der Waals surface area contributed by atoms with Crippen LogP contribution in [-0.2, 0) is 10.1 Å². The van der Waals surface area contributed by atoms with E-state index >= 15 is 0 Å². The molecule has 0 aliphatic rings. The lowest BCUT2D eigenvalue weighted by Gasteiger charge is -2.10. The maximum absolute atomic E-state index is 12.3. The van der Waals surface area contributed by atoms with E-state index in [1.807, 2.05) is 0 Å². The van der Waals surface area contributed by atoms with Gasteiger partial charge in [0.05, 0.1) is 0 Å². The summed E-state index contributed by atoms with van der Waals surface area (Å²) in [6.07, 6.45) is 4.44. The van der Waals surface area contributed by atoms with Crippen LogP contribution in [0.5, 0.6) is 5.75 Å². The van der Waals surface area contributed by atoms with Crippen LogP contribution in [0.15, 0.2) is 60.6 Å². The van der Waals surface area contributed by atoms with E-state index in [0.29, 0.717) is 11.3 Å². The van der Waals surface area contributed by atoms with Gasteiger partial charge in [-0.05, 0) is 29.8 Å². The summed E-state index contributed by atoms with van der Waals surface area (Å²) in [5, 5.41) is 0. The van der Waals surface area contributed by atoms with Crippen LogP contribution in [0.4, 0.5) is 0 Å². The highest BCUT2D eigenvalue weighted by Gasteiger charge is 2.20. The second-order valence-corrected chi connectivity index (χ2v) is 5.39. The smallest absolute Gasteiger partial charge is 0.339 e. The first-order valence-corrected chi connectivity index (χ1v) is 7.22. The molecule has 0 fully saturated rings. The van der Waals surface area contributed by atoms with E-state index in [9.17, 15) is 8.42 Å². The van der Waals surface area contributed by atoms with Crippen molar-refractivity contribution in [3.8, 4) is 5.75 Å². The third-order valence-corrected chi connectivity index (χ3v) is 3.91. The standard InChI is InChI=1S/C15H13NO3S/c1-3-12-8-5-6-10-15(12)20(17,18)19-14-9-7-11-16-13(14)4-2/h3-11H,1-2H2. The van der Waals surface area contributed by atoms with E-state index in [4.69, 9.17) is 4.18 Å². The number of benzene rings is 1. The minimum atomic E-state index is -3.95. The molecule has 2 aromatic rings. The topological polar surface area (TPSA) is 56.3 Å². The lowest BCUT2D eigenvalue weighted by Crippen LogP contribution is -2.12. The molecule has 0 saturated carbocycles. The van der Waals surface area contributed by atoms with Crippen LogP contribution in [0.2, 0.25) is 0 Å². The van der Waals surface area contributed by atoms with Gasteiger partial charge in [0.25, 0.3) is 0 Å². The Bertz CT molecular complexity index is 751. The first kappa shape index (κ1) is 14.0. The van der Waals surface area contributed by atoms with Crippen molar-refractivity contribution in [2.75, 3.05) is 0 Å². The summed E-state index contributed by atoms with van der Waals surface area (Å²) in [5.41, 5.74) is 0.851. The zero-order valence-electron chi connectivity index (χ0n) is 10.7. The largest absolute Gasteiger partial charge is 0.377 e. The summed E-state index contributed by atoms with van der Waals surface area (Å²) < 4.78 is 29.8. The Balaban J connectivity index is 2.46. The van der Waals surface area contributed by atoms with Gasteiger partial charge in [0.2, 0.25) is 0 Å². The Morgan fingerprint density at radius 3 is 2.50 bits per heavy atom. The Labute approximate surface area is 118 Å². The quantitative estimate of drug-likeness (QED) is 0.793. The lowest BCUT2D eigenvalue weighted by atomic mass is 10.2. The molecule has 0 amide bonds. The van der Waals surface area contributed by atoms with Gasteiger partial charge in [-0.1, -0.05) is 37.4 Å². The zero-order valence-corrected chi connectivity index (χ0v) is 11.5. The first-order valence-electron chi connectivity index (χ1n) is 5.82. The van der Waals surface area contributed by atoms with Gasteiger partial charge in [-0.3, -0.25) is 4.98 Å². The van der Waals surface area contributed by atoms with Crippen molar-refractivity contribution >= 4 is 22.3 Å². The highest BCUT2D eigenvalue weighted by molar-refractivity contribution is 7.87. The summed E-state index contributed by atoms with van der Waals surface area (Å²) in [4.78, 5) is 4.05. The molecule has 1 heterocycles. The van der Waals surface area contributed by atoms with Crippen LogP contribution < -0.4 is 4.18 Å². The molecule has 1 aromatic heterocycles. The molecule has 5 heteroatoms. The third-order valence-electron chi connectivity index (χ3n) is 2.60. The molecule has 0 radical (unpaired) electrons. The molecule has 4 nitrogen and oxygen atoms in total. The minimum Gasteiger partial charge on any atom is -0.377 e. The van der Waals surface area contributed by atoms with Crippen molar-refractivity contribution in [2.24, 2.45) is 0 Å². The number of rotatable bonds is 5. The van der Waals surface area contributed by atoms with Crippen LogP contribution in [0.3, 0.4) is 0 Å². The van der Waals surface area contributed by atoms with E-state index < -0.39 is 10.1 Å². The lowest BCUT2D eigenvalue weighted by molar-refractivity contribution is 0.484. The molecular formula is C15H13NO3S. The van der Waals surface area contributed by atoms with Gasteiger partial charge in [0.15, 0.2) is 5.75 Å². The van der Waals surface area contributed by atoms with Crippen LogP contribution in [0.25, 0.3) is 12.2 Å². The monoisotopic (exact) mass is 287 g/mol. The van der Waals surface area contributed by atoms with Gasteiger partial charge < -0.3 is 4.18 Å². The van der Waals surface area contributed by atoms with Gasteiger partial charge in [-0.2, -0.15) is 8.42 Å². The maximum atomic E-state index is 12.3. The summed E-state index contributed by atoms with van der Waals surface area (Å²) in [6, 6.07) is 9.60. The molecule has 0 N–H and O–H groups in total. The molecule has 0 aliphatic carbocycles. The van der Waals surface area contributed by atoms with Crippen LogP contribution >= 0.6 is 0 Å². The van der Waals surface area contributed by atoms with Gasteiger partial charge in [0.1, 0.15) is 10.6 Å². The zero-order chi connectivity index (χ0) is 14.6. The minimum absolute atomic E-state index is 0.0638. The molecule has 20 heavy (non-hydrogen) atoms.